The second-order valence-corrected chi connectivity index (χ2v) is 14.5. The van der Waals surface area contributed by atoms with Crippen LogP contribution in [0.25, 0.3) is 0 Å². The molecule has 2 aromatic heterocycles. The van der Waals surface area contributed by atoms with Crippen molar-refractivity contribution in [2.75, 3.05) is 23.7 Å². The molecule has 9 nitrogen and oxygen atoms in total. The molecule has 0 unspecified atom stereocenters. The van der Waals surface area contributed by atoms with Gasteiger partial charge in [-0.2, -0.15) is 0 Å². The van der Waals surface area contributed by atoms with Crippen LogP contribution in [0.3, 0.4) is 0 Å². The number of halogens is 2. The summed E-state index contributed by atoms with van der Waals surface area (Å²) in [5, 5.41) is 5.90. The van der Waals surface area contributed by atoms with Gasteiger partial charge in [-0.1, -0.05) is 49.0 Å². The molecule has 3 aliphatic heterocycles. The molecule has 2 fully saturated rings. The zero-order chi connectivity index (χ0) is 29.4. The van der Waals surface area contributed by atoms with Gasteiger partial charge in [-0.15, -0.1) is 0 Å². The number of hydrogen-bond acceptors (Lipinski definition) is 6. The molecule has 252 valence electrons. The van der Waals surface area contributed by atoms with Crippen molar-refractivity contribution in [3.05, 3.63) is 44.6 Å². The molecule has 3 amide bonds. The molecule has 0 atom stereocenters. The Hall–Kier alpha value is -2.53. The van der Waals surface area contributed by atoms with Crippen molar-refractivity contribution in [3.8, 4) is 0 Å². The number of aromatic nitrogens is 2. The van der Waals surface area contributed by atoms with E-state index < -0.39 is 11.0 Å². The normalized spacial score (nSPS) is 18.8. The minimum Gasteiger partial charge on any atom is -0.444 e. The first-order valence-corrected chi connectivity index (χ1v) is 15.9. The van der Waals surface area contributed by atoms with E-state index >= 15 is 0 Å². The van der Waals surface area contributed by atoms with E-state index in [2.05, 4.69) is 58.5 Å². The minimum atomic E-state index is -0.509. The quantitative estimate of drug-likeness (QED) is 0.277. The summed E-state index contributed by atoms with van der Waals surface area (Å²) in [7, 11) is 0. The zero-order valence-electron chi connectivity index (χ0n) is 23.8. The summed E-state index contributed by atoms with van der Waals surface area (Å²) in [6, 6.07) is 4.09. The van der Waals surface area contributed by atoms with Gasteiger partial charge in [0.1, 0.15) is 17.2 Å². The molecule has 5 heterocycles. The summed E-state index contributed by atoms with van der Waals surface area (Å²) in [6.07, 6.45) is 11.5. The Morgan fingerprint density at radius 1 is 0.778 bits per heavy atom. The average molecular weight is 756 g/mol. The molecule has 0 bridgehead atoms. The summed E-state index contributed by atoms with van der Waals surface area (Å²) in [6.45, 7) is 6.62. The number of nitrogens with one attached hydrogen (secondary N) is 2. The molecule has 1 saturated heterocycles. The van der Waals surface area contributed by atoms with Gasteiger partial charge in [0.25, 0.3) is 0 Å². The molecule has 4 aliphatic rings. The van der Waals surface area contributed by atoms with Gasteiger partial charge in [-0.25, -0.2) is 14.8 Å². The van der Waals surface area contributed by atoms with Crippen molar-refractivity contribution < 1.29 is 19.1 Å². The molecule has 2 aromatic rings. The van der Waals surface area contributed by atoms with Crippen molar-refractivity contribution in [1.29, 1.82) is 0 Å². The van der Waals surface area contributed by atoms with Gasteiger partial charge in [0.2, 0.25) is 11.8 Å². The standard InChI is InChI=1S/C17H22BrN3O3.C13H15BrN2O.4CH4/c1-16(2,3)24-15(23)21-6-4-17(5-7-21)9-11-8-12(18)10-19-13(11)20-14(17)22;14-10-6-9-7-13(4-2-1-3-5-13)12(17)16-11(9)15-8-10;;;;/h8,10H,4-7,9H2,1-3H3,(H,19,20,22);6,8H,1-5,7H2,(H,15,16,17);4*1H4. The van der Waals surface area contributed by atoms with Gasteiger partial charge < -0.3 is 20.3 Å². The molecule has 45 heavy (non-hydrogen) atoms. The van der Waals surface area contributed by atoms with Crippen molar-refractivity contribution in [2.45, 2.75) is 114 Å². The van der Waals surface area contributed by atoms with Crippen LogP contribution < -0.4 is 10.6 Å². The molecule has 2 N–H and O–H groups in total. The number of ether oxygens (including phenoxy) is 1. The predicted molar refractivity (Wildman–Crippen MR) is 190 cm³/mol. The fraction of sp³-hybridized carbons (Fsp3) is 0.618. The molecule has 6 rings (SSSR count). The third kappa shape index (κ3) is 9.05. The van der Waals surface area contributed by atoms with E-state index in [1.165, 1.54) is 24.8 Å². The maximum absolute atomic E-state index is 12.6. The number of nitrogens with zero attached hydrogens (tertiary/aromatic N) is 3. The van der Waals surface area contributed by atoms with Crippen LogP contribution in [0, 0.1) is 10.8 Å². The predicted octanol–water partition coefficient (Wildman–Crippen LogP) is 9.19. The number of pyridine rings is 2. The third-order valence-electron chi connectivity index (χ3n) is 8.53. The molecular formula is C34H53Br2N5O4. The molecule has 0 aromatic carbocycles. The van der Waals surface area contributed by atoms with Gasteiger partial charge in [-0.05, 0) is 114 Å². The first-order chi connectivity index (χ1) is 19.4. The average Bonchev–Trinajstić information content (AvgIpc) is 2.91. The smallest absolute Gasteiger partial charge is 0.410 e. The van der Waals surface area contributed by atoms with E-state index in [4.69, 9.17) is 4.74 Å². The number of rotatable bonds is 0. The highest BCUT2D eigenvalue weighted by atomic mass is 79.9. The number of hydrogen-bond donors (Lipinski definition) is 2. The lowest BCUT2D eigenvalue weighted by Crippen LogP contribution is -2.51. The Bertz CT molecular complexity index is 1350. The van der Waals surface area contributed by atoms with Crippen molar-refractivity contribution in [2.24, 2.45) is 10.8 Å². The number of fused-ring (bicyclic) bond motifs is 2. The van der Waals surface area contributed by atoms with Crippen molar-refractivity contribution in [1.82, 2.24) is 14.9 Å². The number of carbonyl (C=O) groups excluding carboxylic acids is 3. The summed E-state index contributed by atoms with van der Waals surface area (Å²) in [4.78, 5) is 47.3. The van der Waals surface area contributed by atoms with Gasteiger partial charge >= 0.3 is 6.09 Å². The monoisotopic (exact) mass is 753 g/mol. The lowest BCUT2D eigenvalue weighted by Gasteiger charge is -2.43. The van der Waals surface area contributed by atoms with Gasteiger partial charge in [-0.3, -0.25) is 9.59 Å². The number of piperidine rings is 1. The summed E-state index contributed by atoms with van der Waals surface area (Å²) in [5.41, 5.74) is 1.07. The lowest BCUT2D eigenvalue weighted by atomic mass is 9.68. The number of amides is 3. The van der Waals surface area contributed by atoms with E-state index in [1.807, 2.05) is 26.8 Å². The Labute approximate surface area is 287 Å². The van der Waals surface area contributed by atoms with Crippen LogP contribution in [0.15, 0.2) is 33.5 Å². The maximum Gasteiger partial charge on any atom is 0.410 e. The maximum atomic E-state index is 12.6. The summed E-state index contributed by atoms with van der Waals surface area (Å²) >= 11 is 6.87. The van der Waals surface area contributed by atoms with E-state index in [-0.39, 0.29) is 53.0 Å². The van der Waals surface area contributed by atoms with E-state index in [0.717, 1.165) is 39.6 Å². The third-order valence-corrected chi connectivity index (χ3v) is 9.40. The van der Waals surface area contributed by atoms with E-state index in [0.29, 0.717) is 38.2 Å². The van der Waals surface area contributed by atoms with Crippen molar-refractivity contribution >= 4 is 61.4 Å². The van der Waals surface area contributed by atoms with Crippen LogP contribution in [0.2, 0.25) is 0 Å². The Morgan fingerprint density at radius 3 is 1.62 bits per heavy atom. The van der Waals surface area contributed by atoms with Crippen molar-refractivity contribution in [3.63, 3.8) is 0 Å². The van der Waals surface area contributed by atoms with Crippen LogP contribution in [-0.2, 0) is 27.2 Å². The Balaban J connectivity index is 0.000000431. The van der Waals surface area contributed by atoms with Gasteiger partial charge in [0.05, 0.1) is 10.8 Å². The Morgan fingerprint density at radius 2 is 1.20 bits per heavy atom. The first kappa shape index (κ1) is 40.5. The highest BCUT2D eigenvalue weighted by Gasteiger charge is 2.46. The fourth-order valence-corrected chi connectivity index (χ4v) is 7.06. The minimum absolute atomic E-state index is 0. The van der Waals surface area contributed by atoms with Crippen LogP contribution in [0.5, 0.6) is 0 Å². The van der Waals surface area contributed by atoms with E-state index in [9.17, 15) is 14.4 Å². The fourth-order valence-electron chi connectivity index (χ4n) is 6.31. The van der Waals surface area contributed by atoms with Gasteiger partial charge in [0, 0.05) is 34.4 Å². The molecule has 1 saturated carbocycles. The topological polar surface area (TPSA) is 114 Å². The lowest BCUT2D eigenvalue weighted by molar-refractivity contribution is -0.129. The molecule has 2 spiro atoms. The SMILES string of the molecule is C.C.C.C.CC(C)(C)OC(=O)N1CCC2(CC1)Cc1cc(Br)cnc1NC2=O.O=C1Nc2ncc(Br)cc2CC12CCCCC2. The molecule has 0 radical (unpaired) electrons. The number of likely N-dealkylation sites (tertiary alicyclic amines) is 1. The summed E-state index contributed by atoms with van der Waals surface area (Å²) in [5.74, 6) is 1.57. The van der Waals surface area contributed by atoms with Gasteiger partial charge in [0.15, 0.2) is 0 Å². The van der Waals surface area contributed by atoms with E-state index in [1.54, 1.807) is 17.3 Å². The Kier molecular flexibility index (Phi) is 14.3. The molecule has 11 heteroatoms. The second-order valence-electron chi connectivity index (χ2n) is 12.7. The zero-order valence-corrected chi connectivity index (χ0v) is 27.0. The summed E-state index contributed by atoms with van der Waals surface area (Å²) < 4.78 is 7.31. The highest BCUT2D eigenvalue weighted by molar-refractivity contribution is 9.10. The largest absolute Gasteiger partial charge is 0.444 e. The second kappa shape index (κ2) is 15.8. The van der Waals surface area contributed by atoms with Crippen LogP contribution in [-0.4, -0.2) is 51.5 Å². The number of anilines is 2. The molecule has 1 aliphatic carbocycles. The van der Waals surface area contributed by atoms with Crippen LogP contribution in [0.1, 0.15) is 107 Å². The highest BCUT2D eigenvalue weighted by Crippen LogP contribution is 2.44. The molecular weight excluding hydrogens is 702 g/mol. The number of carbonyl (C=O) groups is 3. The van der Waals surface area contributed by atoms with Crippen LogP contribution >= 0.6 is 31.9 Å². The van der Waals surface area contributed by atoms with Crippen LogP contribution in [0.4, 0.5) is 16.4 Å². The first-order valence-electron chi connectivity index (χ1n) is 14.3.